The summed E-state index contributed by atoms with van der Waals surface area (Å²) < 4.78 is 2.03. The highest BCUT2D eigenvalue weighted by Gasteiger charge is 2.39. The summed E-state index contributed by atoms with van der Waals surface area (Å²) in [7, 11) is 0. The molecule has 214 valence electrons. The number of rotatable bonds is 4. The summed E-state index contributed by atoms with van der Waals surface area (Å²) in [6.07, 6.45) is 0. The van der Waals surface area contributed by atoms with Crippen molar-refractivity contribution in [2.45, 2.75) is 0 Å². The molecule has 7 aromatic rings. The van der Waals surface area contributed by atoms with Crippen LogP contribution in [0.2, 0.25) is 0 Å². The van der Waals surface area contributed by atoms with Crippen molar-refractivity contribution in [3.63, 3.8) is 0 Å². The maximum atomic E-state index is 14.3. The number of hydrogen-bond donors (Lipinski definition) is 0. The van der Waals surface area contributed by atoms with E-state index < -0.39 is 0 Å². The van der Waals surface area contributed by atoms with Crippen LogP contribution in [0.1, 0.15) is 31.8 Å². The minimum atomic E-state index is -0.387. The molecule has 6 aromatic carbocycles. The molecular formula is C40H22N4O2. The first-order valence-electron chi connectivity index (χ1n) is 14.7. The average Bonchev–Trinajstić information content (AvgIpc) is 3.58. The Labute approximate surface area is 264 Å². The second-order valence-corrected chi connectivity index (χ2v) is 11.1. The Balaban J connectivity index is 1.32. The maximum absolute atomic E-state index is 14.3. The van der Waals surface area contributed by atoms with Crippen molar-refractivity contribution >= 4 is 39.3 Å². The molecule has 2 heterocycles. The van der Waals surface area contributed by atoms with Crippen molar-refractivity contribution in [3.8, 4) is 40.1 Å². The lowest BCUT2D eigenvalue weighted by Gasteiger charge is -2.16. The zero-order chi connectivity index (χ0) is 31.4. The van der Waals surface area contributed by atoms with Crippen molar-refractivity contribution in [1.82, 2.24) is 4.57 Å². The third-order valence-electron chi connectivity index (χ3n) is 8.60. The number of nitriles is 2. The van der Waals surface area contributed by atoms with Gasteiger partial charge in [0.25, 0.3) is 11.8 Å². The molecule has 1 aliphatic rings. The summed E-state index contributed by atoms with van der Waals surface area (Å²) in [5.74, 6) is -0.758. The number of amides is 2. The highest BCUT2D eigenvalue weighted by atomic mass is 16.2. The summed E-state index contributed by atoms with van der Waals surface area (Å²) in [6, 6.07) is 46.0. The molecule has 0 saturated heterocycles. The largest absolute Gasteiger partial charge is 0.308 e. The van der Waals surface area contributed by atoms with Crippen LogP contribution < -0.4 is 4.90 Å². The molecular weight excluding hydrogens is 568 g/mol. The molecule has 0 unspecified atom stereocenters. The number of imide groups is 1. The molecule has 1 aromatic heterocycles. The van der Waals surface area contributed by atoms with Crippen LogP contribution in [0.4, 0.5) is 5.69 Å². The first kappa shape index (κ1) is 26.8. The minimum Gasteiger partial charge on any atom is -0.308 e. The quantitative estimate of drug-likeness (QED) is 0.192. The number of carbonyl (C=O) groups is 2. The molecule has 0 fully saturated rings. The van der Waals surface area contributed by atoms with Crippen LogP contribution >= 0.6 is 0 Å². The van der Waals surface area contributed by atoms with Crippen LogP contribution in [0.3, 0.4) is 0 Å². The van der Waals surface area contributed by atoms with Gasteiger partial charge in [0.2, 0.25) is 0 Å². The second kappa shape index (κ2) is 10.4. The third kappa shape index (κ3) is 4.02. The molecule has 1 aliphatic heterocycles. The number of hydrogen-bond acceptors (Lipinski definition) is 4. The van der Waals surface area contributed by atoms with Gasteiger partial charge < -0.3 is 4.57 Å². The van der Waals surface area contributed by atoms with E-state index in [1.54, 1.807) is 30.3 Å². The summed E-state index contributed by atoms with van der Waals surface area (Å²) >= 11 is 0. The fraction of sp³-hybridized carbons (Fsp3) is 0. The predicted molar refractivity (Wildman–Crippen MR) is 179 cm³/mol. The van der Waals surface area contributed by atoms with Crippen LogP contribution in [0.5, 0.6) is 0 Å². The monoisotopic (exact) mass is 590 g/mol. The van der Waals surface area contributed by atoms with Crippen molar-refractivity contribution in [1.29, 1.82) is 10.5 Å². The van der Waals surface area contributed by atoms with E-state index in [1.165, 1.54) is 4.90 Å². The fourth-order valence-corrected chi connectivity index (χ4v) is 6.50. The van der Waals surface area contributed by atoms with E-state index >= 15 is 0 Å². The summed E-state index contributed by atoms with van der Waals surface area (Å²) in [4.78, 5) is 29.5. The Hall–Kier alpha value is -6.76. The summed E-state index contributed by atoms with van der Waals surface area (Å²) in [5.41, 5.74) is 7.70. The van der Waals surface area contributed by atoms with Gasteiger partial charge in [-0.15, -0.1) is 0 Å². The Morgan fingerprint density at radius 2 is 1.28 bits per heavy atom. The number of carbonyl (C=O) groups excluding carboxylic acids is 2. The van der Waals surface area contributed by atoms with Gasteiger partial charge in [0.15, 0.2) is 0 Å². The van der Waals surface area contributed by atoms with Gasteiger partial charge in [-0.1, -0.05) is 84.9 Å². The van der Waals surface area contributed by atoms with Gasteiger partial charge >= 0.3 is 0 Å². The highest BCUT2D eigenvalue weighted by molar-refractivity contribution is 6.36. The average molecular weight is 591 g/mol. The molecule has 46 heavy (non-hydrogen) atoms. The third-order valence-corrected chi connectivity index (χ3v) is 8.60. The van der Waals surface area contributed by atoms with E-state index in [-0.39, 0.29) is 11.8 Å². The van der Waals surface area contributed by atoms with Gasteiger partial charge in [-0.2, -0.15) is 10.5 Å². The van der Waals surface area contributed by atoms with Crippen LogP contribution in [-0.4, -0.2) is 16.4 Å². The van der Waals surface area contributed by atoms with Crippen LogP contribution in [-0.2, 0) is 0 Å². The lowest BCUT2D eigenvalue weighted by atomic mass is 9.97. The first-order valence-corrected chi connectivity index (χ1v) is 14.7. The molecule has 2 amide bonds. The SMILES string of the molecule is N#Cc1ccc(-c2ccc3c4ccccc4n(-c4cccc5c4C(=O)N(c4cccc(-c6ccccc6)c4)C5=O)c3c2)c(C#N)c1. The van der Waals surface area contributed by atoms with E-state index in [1.807, 2.05) is 108 Å². The van der Waals surface area contributed by atoms with Crippen molar-refractivity contribution in [2.24, 2.45) is 0 Å². The zero-order valence-corrected chi connectivity index (χ0v) is 24.3. The number of fused-ring (bicyclic) bond motifs is 4. The number of aromatic nitrogens is 1. The van der Waals surface area contributed by atoms with E-state index in [0.717, 1.165) is 38.5 Å². The number of para-hydroxylation sites is 1. The lowest BCUT2D eigenvalue weighted by molar-refractivity contribution is 0.0926. The molecule has 0 aliphatic carbocycles. The van der Waals surface area contributed by atoms with E-state index in [0.29, 0.717) is 39.2 Å². The van der Waals surface area contributed by atoms with Gasteiger partial charge in [-0.05, 0) is 70.8 Å². The summed E-state index contributed by atoms with van der Waals surface area (Å²) in [5, 5.41) is 21.2. The Kier molecular flexibility index (Phi) is 6.10. The van der Waals surface area contributed by atoms with Gasteiger partial charge in [0, 0.05) is 10.8 Å². The van der Waals surface area contributed by atoms with Crippen molar-refractivity contribution < 1.29 is 9.59 Å². The molecule has 0 bridgehead atoms. The predicted octanol–water partition coefficient (Wildman–Crippen LogP) is 8.66. The zero-order valence-electron chi connectivity index (χ0n) is 24.3. The van der Waals surface area contributed by atoms with Gasteiger partial charge in [0.05, 0.1) is 56.8 Å². The van der Waals surface area contributed by atoms with E-state index in [9.17, 15) is 20.1 Å². The summed E-state index contributed by atoms with van der Waals surface area (Å²) in [6.45, 7) is 0. The molecule has 0 spiro atoms. The second-order valence-electron chi connectivity index (χ2n) is 11.1. The molecule has 0 N–H and O–H groups in total. The highest BCUT2D eigenvalue weighted by Crippen LogP contribution is 2.39. The number of nitrogens with zero attached hydrogens (tertiary/aromatic N) is 4. The van der Waals surface area contributed by atoms with Crippen LogP contribution in [0.15, 0.2) is 133 Å². The smallest absolute Gasteiger partial charge is 0.268 e. The minimum absolute atomic E-state index is 0.335. The number of anilines is 1. The molecule has 8 rings (SSSR count). The Morgan fingerprint density at radius 3 is 2.11 bits per heavy atom. The molecule has 6 nitrogen and oxygen atoms in total. The Morgan fingerprint density at radius 1 is 0.522 bits per heavy atom. The molecule has 0 radical (unpaired) electrons. The van der Waals surface area contributed by atoms with E-state index in [2.05, 4.69) is 12.1 Å². The van der Waals surface area contributed by atoms with Crippen molar-refractivity contribution in [2.75, 3.05) is 4.90 Å². The van der Waals surface area contributed by atoms with Gasteiger partial charge in [0.1, 0.15) is 0 Å². The number of benzene rings is 6. The topological polar surface area (TPSA) is 89.9 Å². The molecule has 0 saturated carbocycles. The normalized spacial score (nSPS) is 12.3. The standard InChI is InChI=1S/C40H22N4O2/c41-23-25-16-18-31(29(20-25)24-42)28-17-19-33-32-12-4-5-14-35(32)44(37(33)22-28)36-15-7-13-34-38(36)40(46)43(39(34)45)30-11-6-10-27(21-30)26-8-2-1-3-9-26/h1-22H. The van der Waals surface area contributed by atoms with Gasteiger partial charge in [-0.3, -0.25) is 9.59 Å². The van der Waals surface area contributed by atoms with Crippen molar-refractivity contribution in [3.05, 3.63) is 156 Å². The van der Waals surface area contributed by atoms with E-state index in [4.69, 9.17) is 0 Å². The Bertz CT molecular complexity index is 2500. The first-order chi connectivity index (χ1) is 22.6. The molecule has 0 atom stereocenters. The molecule has 6 heteroatoms. The van der Waals surface area contributed by atoms with Gasteiger partial charge in [-0.25, -0.2) is 4.90 Å². The fourth-order valence-electron chi connectivity index (χ4n) is 6.50. The lowest BCUT2D eigenvalue weighted by Crippen LogP contribution is -2.29. The van der Waals surface area contributed by atoms with Crippen LogP contribution in [0, 0.1) is 22.7 Å². The maximum Gasteiger partial charge on any atom is 0.268 e. The van der Waals surface area contributed by atoms with Crippen LogP contribution in [0.25, 0.3) is 49.7 Å².